The lowest BCUT2D eigenvalue weighted by Gasteiger charge is -2.22. The van der Waals surface area contributed by atoms with Gasteiger partial charge >= 0.3 is 0 Å². The molecule has 0 bridgehead atoms. The molecule has 0 aliphatic carbocycles. The Morgan fingerprint density at radius 1 is 1.08 bits per heavy atom. The average molecular weight is 470 g/mol. The summed E-state index contributed by atoms with van der Waals surface area (Å²) in [6, 6.07) is 16.3. The molecule has 0 saturated carbocycles. The number of nitrogens with one attached hydrogen (secondary N) is 1. The number of hydrogen-bond acceptors (Lipinski definition) is 2. The van der Waals surface area contributed by atoms with Crippen LogP contribution in [0.25, 0.3) is 0 Å². The van der Waals surface area contributed by atoms with Gasteiger partial charge in [0.1, 0.15) is 11.0 Å². The number of halogens is 1. The number of rotatable bonds is 10. The van der Waals surface area contributed by atoms with Crippen LogP contribution in [0, 0.1) is 3.57 Å². The van der Waals surface area contributed by atoms with Crippen LogP contribution in [0.4, 0.5) is 0 Å². The van der Waals surface area contributed by atoms with Crippen LogP contribution in [0.3, 0.4) is 0 Å². The van der Waals surface area contributed by atoms with E-state index in [0.29, 0.717) is 4.90 Å². The van der Waals surface area contributed by atoms with E-state index in [-0.39, 0.29) is 6.04 Å². The summed E-state index contributed by atoms with van der Waals surface area (Å²) >= 11 is 2.23. The molecule has 0 spiro atoms. The summed E-state index contributed by atoms with van der Waals surface area (Å²) < 4.78 is 13.1. The molecule has 0 fully saturated rings. The molecule has 2 rings (SSSR count). The largest absolute Gasteiger partial charge is 0.306 e. The predicted molar refractivity (Wildman–Crippen MR) is 115 cm³/mol. The highest BCUT2D eigenvalue weighted by Gasteiger charge is 2.19. The van der Waals surface area contributed by atoms with Crippen molar-refractivity contribution in [3.63, 3.8) is 0 Å². The van der Waals surface area contributed by atoms with E-state index in [2.05, 4.69) is 47.0 Å². The second-order valence-corrected chi connectivity index (χ2v) is 8.47. The zero-order valence-electron chi connectivity index (χ0n) is 14.7. The number of benzene rings is 2. The third-order valence-corrected chi connectivity index (χ3v) is 5.72. The van der Waals surface area contributed by atoms with Gasteiger partial charge in [-0.1, -0.05) is 69.0 Å². The highest BCUT2D eigenvalue weighted by molar-refractivity contribution is 14.1. The normalized spacial score (nSPS) is 13.6. The third-order valence-electron chi connectivity index (χ3n) is 4.27. The Bertz CT molecular complexity index is 679. The molecule has 0 radical (unpaired) electrons. The van der Waals surface area contributed by atoms with Crippen LogP contribution in [-0.2, 0) is 11.0 Å². The van der Waals surface area contributed by atoms with Gasteiger partial charge in [-0.05, 0) is 58.8 Å². The van der Waals surface area contributed by atoms with Gasteiger partial charge in [0.15, 0.2) is 0 Å². The molecule has 136 valence electrons. The van der Waals surface area contributed by atoms with Gasteiger partial charge in [-0.15, -0.1) is 0 Å². The smallest absolute Gasteiger partial charge is 0.122 e. The zero-order chi connectivity index (χ0) is 18.1. The quantitative estimate of drug-likeness (QED) is 0.383. The van der Waals surface area contributed by atoms with Crippen molar-refractivity contribution in [1.82, 2.24) is 5.32 Å². The third kappa shape index (κ3) is 6.47. The molecule has 0 heterocycles. The van der Waals surface area contributed by atoms with Gasteiger partial charge in [0.25, 0.3) is 0 Å². The molecule has 25 heavy (non-hydrogen) atoms. The Labute approximate surface area is 167 Å². The summed E-state index contributed by atoms with van der Waals surface area (Å²) in [5.41, 5.74) is 2.17. The number of nitrogens with two attached hydrogens (primary N) is 1. The Kier molecular flexibility index (Phi) is 9.09. The fourth-order valence-corrected chi connectivity index (χ4v) is 4.31. The maximum Gasteiger partial charge on any atom is 0.122 e. The second kappa shape index (κ2) is 11.1. The standard InChI is InChI=1S/C20H27IN2OS/c1-2-3-4-5-9-14-23-20(16-10-7-6-8-11-16)18-13-12-17(21)15-19(18)25(22)24/h6-8,10-13,15,20,23H,2-5,9,14,22H2,1H3. The van der Waals surface area contributed by atoms with Gasteiger partial charge in [0.2, 0.25) is 0 Å². The minimum absolute atomic E-state index is 0.00637. The highest BCUT2D eigenvalue weighted by atomic mass is 127. The summed E-state index contributed by atoms with van der Waals surface area (Å²) in [6.45, 7) is 3.17. The van der Waals surface area contributed by atoms with Crippen molar-refractivity contribution in [3.8, 4) is 0 Å². The topological polar surface area (TPSA) is 55.1 Å². The summed E-state index contributed by atoms with van der Waals surface area (Å²) in [4.78, 5) is 0.708. The van der Waals surface area contributed by atoms with Crippen LogP contribution in [0.1, 0.15) is 56.2 Å². The molecule has 0 amide bonds. The van der Waals surface area contributed by atoms with Crippen LogP contribution in [0.2, 0.25) is 0 Å². The minimum atomic E-state index is -1.50. The van der Waals surface area contributed by atoms with Crippen molar-refractivity contribution in [2.45, 2.75) is 50.0 Å². The Morgan fingerprint density at radius 3 is 2.48 bits per heavy atom. The van der Waals surface area contributed by atoms with Crippen LogP contribution in [0.5, 0.6) is 0 Å². The van der Waals surface area contributed by atoms with Gasteiger partial charge in [-0.3, -0.25) is 0 Å². The SMILES string of the molecule is CCCCCCCNC(c1ccccc1)c1ccc(I)cc1S(N)=O. The Balaban J connectivity index is 2.20. The molecule has 0 saturated heterocycles. The van der Waals surface area contributed by atoms with E-state index in [9.17, 15) is 4.21 Å². The zero-order valence-corrected chi connectivity index (χ0v) is 17.7. The predicted octanol–water partition coefficient (Wildman–Crippen LogP) is 4.92. The van der Waals surface area contributed by atoms with E-state index in [1.54, 1.807) is 0 Å². The van der Waals surface area contributed by atoms with Crippen molar-refractivity contribution in [2.75, 3.05) is 6.54 Å². The molecule has 3 N–H and O–H groups in total. The lowest BCUT2D eigenvalue weighted by Crippen LogP contribution is -2.25. The summed E-state index contributed by atoms with van der Waals surface area (Å²) in [7, 11) is -1.50. The average Bonchev–Trinajstić information content (AvgIpc) is 2.62. The molecular weight excluding hydrogens is 443 g/mol. The maximum absolute atomic E-state index is 12.1. The molecule has 0 aliphatic rings. The Morgan fingerprint density at radius 2 is 1.80 bits per heavy atom. The minimum Gasteiger partial charge on any atom is -0.306 e. The van der Waals surface area contributed by atoms with Crippen molar-refractivity contribution >= 4 is 33.6 Å². The molecule has 5 heteroatoms. The lowest BCUT2D eigenvalue weighted by atomic mass is 9.98. The van der Waals surface area contributed by atoms with Crippen LogP contribution >= 0.6 is 22.6 Å². The molecule has 0 aliphatic heterocycles. The van der Waals surface area contributed by atoms with Gasteiger partial charge in [0, 0.05) is 3.57 Å². The first-order valence-electron chi connectivity index (χ1n) is 8.87. The van der Waals surface area contributed by atoms with Gasteiger partial charge in [-0.25, -0.2) is 9.35 Å². The van der Waals surface area contributed by atoms with Gasteiger partial charge in [-0.2, -0.15) is 0 Å². The van der Waals surface area contributed by atoms with E-state index < -0.39 is 11.0 Å². The van der Waals surface area contributed by atoms with Crippen molar-refractivity contribution in [2.24, 2.45) is 5.14 Å². The first kappa shape index (κ1) is 20.6. The summed E-state index contributed by atoms with van der Waals surface area (Å²) in [5.74, 6) is 0. The molecule has 0 aromatic heterocycles. The van der Waals surface area contributed by atoms with Crippen LogP contribution in [0.15, 0.2) is 53.4 Å². The van der Waals surface area contributed by atoms with Crippen molar-refractivity contribution < 1.29 is 4.21 Å². The highest BCUT2D eigenvalue weighted by Crippen LogP contribution is 2.28. The van der Waals surface area contributed by atoms with Gasteiger partial charge in [0.05, 0.1) is 10.9 Å². The second-order valence-electron chi connectivity index (χ2n) is 6.19. The van der Waals surface area contributed by atoms with Crippen molar-refractivity contribution in [3.05, 3.63) is 63.2 Å². The van der Waals surface area contributed by atoms with Crippen LogP contribution in [-0.4, -0.2) is 10.8 Å². The number of unbranched alkanes of at least 4 members (excludes halogenated alkanes) is 4. The first-order valence-corrected chi connectivity index (χ1v) is 11.2. The lowest BCUT2D eigenvalue weighted by molar-refractivity contribution is 0.544. The molecule has 2 unspecified atom stereocenters. The monoisotopic (exact) mass is 470 g/mol. The maximum atomic E-state index is 12.1. The molecule has 2 aromatic carbocycles. The van der Waals surface area contributed by atoms with Crippen molar-refractivity contribution in [1.29, 1.82) is 0 Å². The van der Waals surface area contributed by atoms with Crippen LogP contribution < -0.4 is 10.5 Å². The Hall–Kier alpha value is -0.760. The van der Waals surface area contributed by atoms with E-state index in [1.165, 1.54) is 31.2 Å². The molecular formula is C20H27IN2OS. The van der Waals surface area contributed by atoms with E-state index >= 15 is 0 Å². The first-order chi connectivity index (χ1) is 12.1. The van der Waals surface area contributed by atoms with E-state index in [0.717, 1.165) is 22.1 Å². The summed E-state index contributed by atoms with van der Waals surface area (Å²) in [5, 5.41) is 9.40. The fourth-order valence-electron chi connectivity index (χ4n) is 2.95. The fraction of sp³-hybridized carbons (Fsp3) is 0.400. The molecule has 3 nitrogen and oxygen atoms in total. The van der Waals surface area contributed by atoms with E-state index in [4.69, 9.17) is 5.14 Å². The summed E-state index contributed by atoms with van der Waals surface area (Å²) in [6.07, 6.45) is 6.24. The molecule has 2 atom stereocenters. The number of hydrogen-bond donors (Lipinski definition) is 2. The molecule has 2 aromatic rings. The van der Waals surface area contributed by atoms with E-state index in [1.807, 2.05) is 36.4 Å². The van der Waals surface area contributed by atoms with Gasteiger partial charge < -0.3 is 5.32 Å².